The summed E-state index contributed by atoms with van der Waals surface area (Å²) in [6.07, 6.45) is 5.26. The van der Waals surface area contributed by atoms with Crippen molar-refractivity contribution in [1.82, 2.24) is 15.1 Å². The molecule has 1 aliphatic carbocycles. The summed E-state index contributed by atoms with van der Waals surface area (Å²) in [6, 6.07) is 6.65. The molecule has 1 saturated heterocycles. The molecule has 2 aromatic rings. The van der Waals surface area contributed by atoms with Crippen LogP contribution >= 0.6 is 11.3 Å². The molecule has 2 heterocycles. The first-order chi connectivity index (χ1) is 11.7. The Morgan fingerprint density at radius 1 is 1.17 bits per heavy atom. The number of hydrogen-bond donors (Lipinski definition) is 0. The molecule has 1 amide bonds. The summed E-state index contributed by atoms with van der Waals surface area (Å²) in [4.78, 5) is 14.5. The number of rotatable bonds is 3. The van der Waals surface area contributed by atoms with Crippen molar-refractivity contribution in [1.29, 1.82) is 0 Å². The van der Waals surface area contributed by atoms with Crippen LogP contribution < -0.4 is 0 Å². The van der Waals surface area contributed by atoms with Gasteiger partial charge in [-0.1, -0.05) is 29.9 Å². The number of aromatic nitrogens is 2. The van der Waals surface area contributed by atoms with E-state index in [0.717, 1.165) is 43.8 Å². The lowest BCUT2D eigenvalue weighted by molar-refractivity contribution is -0.139. The van der Waals surface area contributed by atoms with Gasteiger partial charge in [-0.05, 0) is 37.8 Å². The number of hydrogen-bond acceptors (Lipinski definition) is 4. The average molecular weight is 345 g/mol. The predicted octanol–water partition coefficient (Wildman–Crippen LogP) is 3.85. The number of nitrogens with zero attached hydrogens (tertiary/aromatic N) is 3. The Morgan fingerprint density at radius 2 is 2.00 bits per heavy atom. The second kappa shape index (κ2) is 6.59. The molecule has 1 aliphatic heterocycles. The van der Waals surface area contributed by atoms with Crippen molar-refractivity contribution in [2.45, 2.75) is 38.0 Å². The van der Waals surface area contributed by atoms with Gasteiger partial charge in [-0.3, -0.25) is 4.79 Å². The van der Waals surface area contributed by atoms with Gasteiger partial charge in [-0.15, -0.1) is 10.2 Å². The highest BCUT2D eigenvalue weighted by Gasteiger charge is 2.33. The van der Waals surface area contributed by atoms with Crippen molar-refractivity contribution in [2.75, 3.05) is 13.1 Å². The Balaban J connectivity index is 1.49. The number of benzene rings is 1. The van der Waals surface area contributed by atoms with E-state index in [1.165, 1.54) is 23.8 Å². The van der Waals surface area contributed by atoms with Crippen LogP contribution in [0.1, 0.15) is 43.0 Å². The van der Waals surface area contributed by atoms with Crippen molar-refractivity contribution >= 4 is 17.2 Å². The molecular formula is C18H20FN3OS. The van der Waals surface area contributed by atoms with Crippen LogP contribution in [-0.4, -0.2) is 34.1 Å². The van der Waals surface area contributed by atoms with Gasteiger partial charge in [0.2, 0.25) is 5.91 Å². The average Bonchev–Trinajstić information content (AvgIpc) is 3.03. The van der Waals surface area contributed by atoms with Crippen LogP contribution in [0.2, 0.25) is 0 Å². The molecule has 24 heavy (non-hydrogen) atoms. The highest BCUT2D eigenvalue weighted by molar-refractivity contribution is 7.14. The van der Waals surface area contributed by atoms with Crippen LogP contribution in [0.3, 0.4) is 0 Å². The van der Waals surface area contributed by atoms with Crippen LogP contribution in [0.5, 0.6) is 0 Å². The Labute approximate surface area is 144 Å². The molecule has 1 saturated carbocycles. The summed E-state index contributed by atoms with van der Waals surface area (Å²) in [7, 11) is 0. The molecule has 0 radical (unpaired) electrons. The Morgan fingerprint density at radius 3 is 2.75 bits per heavy atom. The van der Waals surface area contributed by atoms with Crippen molar-refractivity contribution in [3.8, 4) is 10.6 Å². The van der Waals surface area contributed by atoms with Crippen molar-refractivity contribution in [3.05, 3.63) is 35.1 Å². The summed E-state index contributed by atoms with van der Waals surface area (Å²) in [5.74, 6) is 0.503. The lowest BCUT2D eigenvalue weighted by Gasteiger charge is -2.36. The molecule has 1 aromatic carbocycles. The number of carbonyl (C=O) groups is 1. The zero-order valence-electron chi connectivity index (χ0n) is 13.4. The normalized spacial score (nSPS) is 21.5. The second-order valence-corrected chi connectivity index (χ2v) is 7.69. The van der Waals surface area contributed by atoms with Gasteiger partial charge in [-0.25, -0.2) is 4.39 Å². The summed E-state index contributed by atoms with van der Waals surface area (Å²) < 4.78 is 13.9. The Hall–Kier alpha value is -1.82. The molecule has 4 rings (SSSR count). The molecule has 1 unspecified atom stereocenters. The standard InChI is InChI=1S/C18H20FN3OS/c19-15-9-2-1-8-14(15)17-21-20-16(24-17)13-7-4-10-22(11-13)18(23)12-5-3-6-12/h1-2,8-9,12-13H,3-7,10-11H2. The van der Waals surface area contributed by atoms with E-state index in [9.17, 15) is 9.18 Å². The second-order valence-electron chi connectivity index (χ2n) is 6.68. The minimum absolute atomic E-state index is 0.223. The first-order valence-corrected chi connectivity index (χ1v) is 9.41. The third-order valence-electron chi connectivity index (χ3n) is 5.08. The summed E-state index contributed by atoms with van der Waals surface area (Å²) in [6.45, 7) is 1.58. The summed E-state index contributed by atoms with van der Waals surface area (Å²) in [5, 5.41) is 10.0. The predicted molar refractivity (Wildman–Crippen MR) is 91.2 cm³/mol. The van der Waals surface area contributed by atoms with E-state index in [4.69, 9.17) is 0 Å². The molecule has 2 aliphatic rings. The maximum Gasteiger partial charge on any atom is 0.225 e. The fraction of sp³-hybridized carbons (Fsp3) is 0.500. The third-order valence-corrected chi connectivity index (χ3v) is 6.20. The van der Waals surface area contributed by atoms with E-state index in [2.05, 4.69) is 10.2 Å². The first kappa shape index (κ1) is 15.7. The topological polar surface area (TPSA) is 46.1 Å². The zero-order chi connectivity index (χ0) is 16.5. The number of amides is 1. The van der Waals surface area contributed by atoms with Crippen LogP contribution in [0, 0.1) is 11.7 Å². The lowest BCUT2D eigenvalue weighted by atomic mass is 9.83. The van der Waals surface area contributed by atoms with E-state index >= 15 is 0 Å². The minimum atomic E-state index is -0.273. The van der Waals surface area contributed by atoms with Gasteiger partial charge in [-0.2, -0.15) is 0 Å². The van der Waals surface area contributed by atoms with Gasteiger partial charge in [0.05, 0.1) is 0 Å². The Bertz CT molecular complexity index is 743. The monoisotopic (exact) mass is 345 g/mol. The van der Waals surface area contributed by atoms with Gasteiger partial charge in [0, 0.05) is 30.5 Å². The van der Waals surface area contributed by atoms with Crippen LogP contribution in [0.4, 0.5) is 4.39 Å². The highest BCUT2D eigenvalue weighted by atomic mass is 32.1. The van der Waals surface area contributed by atoms with E-state index in [1.54, 1.807) is 18.2 Å². The van der Waals surface area contributed by atoms with Crippen molar-refractivity contribution in [3.63, 3.8) is 0 Å². The number of likely N-dealkylation sites (tertiary alicyclic amines) is 1. The molecule has 0 spiro atoms. The molecule has 6 heteroatoms. The first-order valence-electron chi connectivity index (χ1n) is 8.59. The molecular weight excluding hydrogens is 325 g/mol. The number of halogens is 1. The van der Waals surface area contributed by atoms with Gasteiger partial charge < -0.3 is 4.90 Å². The van der Waals surface area contributed by atoms with Crippen LogP contribution in [0.15, 0.2) is 24.3 Å². The molecule has 0 bridgehead atoms. The highest BCUT2D eigenvalue weighted by Crippen LogP contribution is 2.35. The minimum Gasteiger partial charge on any atom is -0.342 e. The van der Waals surface area contributed by atoms with Gasteiger partial charge in [0.15, 0.2) is 5.01 Å². The zero-order valence-corrected chi connectivity index (χ0v) is 14.3. The molecule has 4 nitrogen and oxygen atoms in total. The number of carbonyl (C=O) groups excluding carboxylic acids is 1. The van der Waals surface area contributed by atoms with Crippen LogP contribution in [0.25, 0.3) is 10.6 Å². The van der Waals surface area contributed by atoms with Crippen molar-refractivity contribution in [2.24, 2.45) is 5.92 Å². The smallest absolute Gasteiger partial charge is 0.225 e. The Kier molecular flexibility index (Phi) is 4.31. The van der Waals surface area contributed by atoms with E-state index in [-0.39, 0.29) is 17.7 Å². The van der Waals surface area contributed by atoms with Crippen LogP contribution in [-0.2, 0) is 4.79 Å². The molecule has 126 valence electrons. The van der Waals surface area contributed by atoms with Gasteiger partial charge in [0.1, 0.15) is 10.8 Å². The van der Waals surface area contributed by atoms with E-state index < -0.39 is 0 Å². The fourth-order valence-corrected chi connectivity index (χ4v) is 4.43. The molecule has 2 fully saturated rings. The molecule has 0 N–H and O–H groups in total. The van der Waals surface area contributed by atoms with E-state index in [1.807, 2.05) is 4.90 Å². The SMILES string of the molecule is O=C(C1CCC1)N1CCCC(c2nnc(-c3ccccc3F)s2)C1. The largest absolute Gasteiger partial charge is 0.342 e. The molecule has 1 aromatic heterocycles. The third kappa shape index (κ3) is 2.95. The van der Waals surface area contributed by atoms with E-state index in [0.29, 0.717) is 16.5 Å². The molecule has 1 atom stereocenters. The quantitative estimate of drug-likeness (QED) is 0.849. The fourth-order valence-electron chi connectivity index (χ4n) is 3.44. The lowest BCUT2D eigenvalue weighted by Crippen LogP contribution is -2.44. The maximum atomic E-state index is 13.9. The summed E-state index contributed by atoms with van der Waals surface area (Å²) >= 11 is 1.45. The summed E-state index contributed by atoms with van der Waals surface area (Å²) in [5.41, 5.74) is 0.499. The number of piperidine rings is 1. The maximum absolute atomic E-state index is 13.9. The van der Waals surface area contributed by atoms with Crippen molar-refractivity contribution < 1.29 is 9.18 Å². The van der Waals surface area contributed by atoms with Gasteiger partial charge in [0.25, 0.3) is 0 Å². The van der Waals surface area contributed by atoms with Gasteiger partial charge >= 0.3 is 0 Å².